The van der Waals surface area contributed by atoms with Crippen LogP contribution in [-0.2, 0) is 4.79 Å². The smallest absolute Gasteiger partial charge is 0.344 e. The molecule has 10 heteroatoms. The number of hydrogen-bond acceptors (Lipinski definition) is 7. The summed E-state index contributed by atoms with van der Waals surface area (Å²) in [6.07, 6.45) is 1.43. The molecule has 0 saturated heterocycles. The van der Waals surface area contributed by atoms with Gasteiger partial charge in [-0.15, -0.1) is 0 Å². The van der Waals surface area contributed by atoms with Crippen molar-refractivity contribution in [3.63, 3.8) is 0 Å². The molecule has 3 aromatic rings. The Morgan fingerprint density at radius 3 is 2.31 bits per heavy atom. The van der Waals surface area contributed by atoms with Gasteiger partial charge in [-0.1, -0.05) is 12.1 Å². The van der Waals surface area contributed by atoms with Crippen molar-refractivity contribution in [1.29, 1.82) is 0 Å². The zero-order chi connectivity index (χ0) is 22.9. The summed E-state index contributed by atoms with van der Waals surface area (Å²) in [5.74, 6) is -0.239. The van der Waals surface area contributed by atoms with Crippen molar-refractivity contribution >= 4 is 46.4 Å². The van der Waals surface area contributed by atoms with E-state index in [1.165, 1.54) is 30.5 Å². The summed E-state index contributed by atoms with van der Waals surface area (Å²) >= 11 is 2.07. The van der Waals surface area contributed by atoms with Gasteiger partial charge in [0.25, 0.3) is 11.6 Å². The van der Waals surface area contributed by atoms with E-state index in [2.05, 4.69) is 33.1 Å². The molecule has 0 aliphatic carbocycles. The Labute approximate surface area is 196 Å². The van der Waals surface area contributed by atoms with Crippen LogP contribution in [0.25, 0.3) is 0 Å². The van der Waals surface area contributed by atoms with E-state index >= 15 is 0 Å². The number of nitro benzene ring substituents is 1. The third kappa shape index (κ3) is 6.60. The van der Waals surface area contributed by atoms with Gasteiger partial charge in [0.2, 0.25) is 0 Å². The van der Waals surface area contributed by atoms with Gasteiger partial charge < -0.3 is 9.47 Å². The number of carbonyl (C=O) groups is 2. The highest BCUT2D eigenvalue weighted by atomic mass is 127. The summed E-state index contributed by atoms with van der Waals surface area (Å²) in [5, 5.41) is 14.5. The lowest BCUT2D eigenvalue weighted by atomic mass is 10.2. The molecule has 32 heavy (non-hydrogen) atoms. The van der Waals surface area contributed by atoms with Crippen molar-refractivity contribution in [3.05, 3.63) is 97.6 Å². The average Bonchev–Trinajstić information content (AvgIpc) is 2.79. The fourth-order valence-electron chi connectivity index (χ4n) is 2.43. The molecule has 0 heterocycles. The topological polar surface area (TPSA) is 120 Å². The zero-order valence-electron chi connectivity index (χ0n) is 16.4. The maximum atomic E-state index is 12.2. The molecule has 3 aromatic carbocycles. The number of rotatable bonds is 8. The van der Waals surface area contributed by atoms with Crippen molar-refractivity contribution in [1.82, 2.24) is 5.43 Å². The minimum atomic E-state index is -0.522. The Hall–Kier alpha value is -3.80. The van der Waals surface area contributed by atoms with Gasteiger partial charge in [-0.3, -0.25) is 14.9 Å². The van der Waals surface area contributed by atoms with Crippen molar-refractivity contribution in [2.45, 2.75) is 0 Å². The van der Waals surface area contributed by atoms with E-state index in [1.807, 2.05) is 12.1 Å². The lowest BCUT2D eigenvalue weighted by Gasteiger charge is -2.06. The molecular formula is C22H16IN3O6. The van der Waals surface area contributed by atoms with E-state index in [0.29, 0.717) is 22.6 Å². The van der Waals surface area contributed by atoms with Gasteiger partial charge in [-0.25, -0.2) is 10.2 Å². The molecule has 0 unspecified atom stereocenters. The van der Waals surface area contributed by atoms with Gasteiger partial charge in [-0.2, -0.15) is 5.10 Å². The number of nitrogens with one attached hydrogen (secondary N) is 1. The highest BCUT2D eigenvalue weighted by Crippen LogP contribution is 2.18. The van der Waals surface area contributed by atoms with Crippen molar-refractivity contribution in [3.8, 4) is 11.5 Å². The first-order valence-electron chi connectivity index (χ1n) is 9.18. The number of non-ortho nitro benzene ring substituents is 1. The highest BCUT2D eigenvalue weighted by Gasteiger charge is 2.11. The molecule has 1 N–H and O–H groups in total. The molecule has 0 aromatic heterocycles. The number of hydrogen-bond donors (Lipinski definition) is 1. The SMILES string of the molecule is O=C(COc1ccc([N+](=O)[O-])cc1)N/N=C/c1ccc(OC(=O)c2ccccc2I)cc1. The molecular weight excluding hydrogens is 529 g/mol. The second kappa shape index (κ2) is 11.0. The largest absolute Gasteiger partial charge is 0.484 e. The van der Waals surface area contributed by atoms with Crippen LogP contribution in [0.15, 0.2) is 77.9 Å². The van der Waals surface area contributed by atoms with Gasteiger partial charge >= 0.3 is 5.97 Å². The quantitative estimate of drug-likeness (QED) is 0.114. The number of carbonyl (C=O) groups excluding carboxylic acids is 2. The number of amides is 1. The standard InChI is InChI=1S/C22H16IN3O6/c23-20-4-2-1-3-19(20)22(28)32-18-9-5-15(6-10-18)13-24-25-21(27)14-31-17-11-7-16(8-12-17)26(29)30/h1-13H,14H2,(H,25,27)/b24-13+. The summed E-state index contributed by atoms with van der Waals surface area (Å²) in [7, 11) is 0. The summed E-state index contributed by atoms with van der Waals surface area (Å²) in [4.78, 5) is 34.1. The summed E-state index contributed by atoms with van der Waals surface area (Å²) < 4.78 is 11.4. The first kappa shape index (κ1) is 22.9. The van der Waals surface area contributed by atoms with Crippen molar-refractivity contribution in [2.24, 2.45) is 5.10 Å². The molecule has 1 amide bonds. The molecule has 0 saturated carbocycles. The van der Waals surface area contributed by atoms with Crippen LogP contribution in [0.4, 0.5) is 5.69 Å². The molecule has 3 rings (SSSR count). The fraction of sp³-hybridized carbons (Fsp3) is 0.0455. The summed E-state index contributed by atoms with van der Waals surface area (Å²) in [5.41, 5.74) is 3.41. The molecule has 0 aliphatic heterocycles. The number of benzene rings is 3. The first-order chi connectivity index (χ1) is 15.4. The van der Waals surface area contributed by atoms with Crippen LogP contribution in [0.3, 0.4) is 0 Å². The van der Waals surface area contributed by atoms with Gasteiger partial charge in [-0.05, 0) is 76.7 Å². The monoisotopic (exact) mass is 545 g/mol. The molecule has 0 radical (unpaired) electrons. The number of hydrazone groups is 1. The average molecular weight is 545 g/mol. The Balaban J connectivity index is 1.46. The van der Waals surface area contributed by atoms with E-state index in [0.717, 1.165) is 3.57 Å². The third-order valence-electron chi connectivity index (χ3n) is 4.00. The minimum Gasteiger partial charge on any atom is -0.484 e. The molecule has 162 valence electrons. The summed E-state index contributed by atoms with van der Waals surface area (Å²) in [6, 6.07) is 19.1. The van der Waals surface area contributed by atoms with Crippen LogP contribution in [0.5, 0.6) is 11.5 Å². The lowest BCUT2D eigenvalue weighted by molar-refractivity contribution is -0.384. The number of esters is 1. The molecule has 0 aliphatic rings. The van der Waals surface area contributed by atoms with Gasteiger partial charge in [0, 0.05) is 15.7 Å². The van der Waals surface area contributed by atoms with E-state index in [-0.39, 0.29) is 12.3 Å². The van der Waals surface area contributed by atoms with Crippen LogP contribution in [-0.4, -0.2) is 29.6 Å². The first-order valence-corrected chi connectivity index (χ1v) is 10.3. The summed E-state index contributed by atoms with van der Waals surface area (Å²) in [6.45, 7) is -0.303. The maximum absolute atomic E-state index is 12.2. The molecule has 0 bridgehead atoms. The molecule has 9 nitrogen and oxygen atoms in total. The van der Waals surface area contributed by atoms with Crippen LogP contribution >= 0.6 is 22.6 Å². The maximum Gasteiger partial charge on any atom is 0.344 e. The van der Waals surface area contributed by atoms with Crippen LogP contribution in [0.1, 0.15) is 15.9 Å². The predicted octanol–water partition coefficient (Wildman–Crippen LogP) is 3.95. The van der Waals surface area contributed by atoms with Gasteiger partial charge in [0.15, 0.2) is 6.61 Å². The lowest BCUT2D eigenvalue weighted by Crippen LogP contribution is -2.24. The Morgan fingerprint density at radius 2 is 1.66 bits per heavy atom. The molecule has 0 fully saturated rings. The second-order valence-corrected chi connectivity index (χ2v) is 7.43. The van der Waals surface area contributed by atoms with Gasteiger partial charge in [0.05, 0.1) is 16.7 Å². The number of halogens is 1. The van der Waals surface area contributed by atoms with Crippen LogP contribution in [0.2, 0.25) is 0 Å². The van der Waals surface area contributed by atoms with Crippen molar-refractivity contribution in [2.75, 3.05) is 6.61 Å². The van der Waals surface area contributed by atoms with E-state index < -0.39 is 16.8 Å². The Kier molecular flexibility index (Phi) is 7.86. The third-order valence-corrected chi connectivity index (χ3v) is 4.95. The second-order valence-electron chi connectivity index (χ2n) is 6.27. The number of nitrogens with zero attached hydrogens (tertiary/aromatic N) is 2. The highest BCUT2D eigenvalue weighted by molar-refractivity contribution is 14.1. The van der Waals surface area contributed by atoms with E-state index in [1.54, 1.807) is 36.4 Å². The minimum absolute atomic E-state index is 0.0676. The molecule has 0 spiro atoms. The fourth-order valence-corrected chi connectivity index (χ4v) is 3.04. The molecule has 0 atom stereocenters. The van der Waals surface area contributed by atoms with E-state index in [9.17, 15) is 19.7 Å². The van der Waals surface area contributed by atoms with E-state index in [4.69, 9.17) is 9.47 Å². The predicted molar refractivity (Wildman–Crippen MR) is 125 cm³/mol. The normalized spacial score (nSPS) is 10.5. The van der Waals surface area contributed by atoms with Crippen molar-refractivity contribution < 1.29 is 24.0 Å². The Bertz CT molecular complexity index is 1150. The number of ether oxygens (including phenoxy) is 2. The van der Waals surface area contributed by atoms with Gasteiger partial charge in [0.1, 0.15) is 11.5 Å². The van der Waals surface area contributed by atoms with Crippen LogP contribution < -0.4 is 14.9 Å². The number of nitro groups is 1. The Morgan fingerprint density at radius 1 is 1.00 bits per heavy atom. The van der Waals surface area contributed by atoms with Crippen LogP contribution in [0, 0.1) is 13.7 Å². The zero-order valence-corrected chi connectivity index (χ0v) is 18.6.